The van der Waals surface area contributed by atoms with Crippen molar-refractivity contribution in [2.24, 2.45) is 0 Å². The fourth-order valence-electron chi connectivity index (χ4n) is 0.619. The summed E-state index contributed by atoms with van der Waals surface area (Å²) in [6, 6.07) is 0. The van der Waals surface area contributed by atoms with Gasteiger partial charge in [-0.1, -0.05) is 18.3 Å². The molecule has 0 aliphatic heterocycles. The highest BCUT2D eigenvalue weighted by Crippen LogP contribution is 2.62. The predicted octanol–water partition coefficient (Wildman–Crippen LogP) is 3.25. The van der Waals surface area contributed by atoms with E-state index < -0.39 is 5.62 Å². The first-order chi connectivity index (χ1) is 6.06. The van der Waals surface area contributed by atoms with Crippen LogP contribution in [0.1, 0.15) is 13.8 Å². The molecule has 0 heterocycles. The molecule has 0 N–H and O–H groups in total. The Morgan fingerprint density at radius 3 is 2.38 bits per heavy atom. The second kappa shape index (κ2) is 7.55. The van der Waals surface area contributed by atoms with Crippen LogP contribution < -0.4 is 0 Å². The molecule has 0 rings (SSSR count). The number of nitrogens with zero attached hydrogens (tertiary/aromatic N) is 1. The highest BCUT2D eigenvalue weighted by Gasteiger charge is 2.20. The van der Waals surface area contributed by atoms with Crippen LogP contribution in [0.25, 0.3) is 0 Å². The molecule has 80 valence electrons. The Kier molecular flexibility index (Phi) is 8.28. The third-order valence-corrected chi connectivity index (χ3v) is 10.1. The molecule has 0 aromatic heterocycles. The van der Waals surface area contributed by atoms with Crippen LogP contribution in [-0.2, 0) is 16.3 Å². The van der Waals surface area contributed by atoms with E-state index in [0.29, 0.717) is 6.61 Å². The molecule has 0 amide bonds. The third kappa shape index (κ3) is 5.65. The normalized spacial score (nSPS) is 16.1. The highest BCUT2D eigenvalue weighted by molar-refractivity contribution is 8.70. The van der Waals surface area contributed by atoms with Crippen molar-refractivity contribution in [1.82, 2.24) is 4.67 Å². The smallest absolute Gasteiger partial charge is 0.188 e. The van der Waals surface area contributed by atoms with Gasteiger partial charge in [-0.25, -0.2) is 0 Å². The molecule has 0 aromatic rings. The van der Waals surface area contributed by atoms with Gasteiger partial charge in [0.2, 0.25) is 0 Å². The van der Waals surface area contributed by atoms with E-state index in [4.69, 9.17) is 16.3 Å². The Hall–Kier alpha value is 1.27. The summed E-state index contributed by atoms with van der Waals surface area (Å²) >= 11 is 9.17. The van der Waals surface area contributed by atoms with Crippen LogP contribution in [0.5, 0.6) is 0 Å². The fourth-order valence-corrected chi connectivity index (χ4v) is 7.56. The highest BCUT2D eigenvalue weighted by atomic mass is 32.9. The number of hydrogen-bond acceptors (Lipinski definition) is 4. The van der Waals surface area contributed by atoms with Crippen molar-refractivity contribution in [2.45, 2.75) is 13.8 Å². The lowest BCUT2D eigenvalue weighted by Crippen LogP contribution is -2.08. The van der Waals surface area contributed by atoms with E-state index in [1.54, 1.807) is 11.4 Å². The van der Waals surface area contributed by atoms with E-state index in [0.717, 1.165) is 10.8 Å². The monoisotopic (exact) mass is 259 g/mol. The Bertz CT molecular complexity index is 177. The predicted molar refractivity (Wildman–Crippen MR) is 70.2 cm³/mol. The standard InChI is InChI=1S/C7H18NOPS3/c1-5-9-10(11,8(3)4)13-7-12-6-2/h5-7H2,1-4H3. The summed E-state index contributed by atoms with van der Waals surface area (Å²) in [6.07, 6.45) is 0. The van der Waals surface area contributed by atoms with Gasteiger partial charge in [-0.3, -0.25) is 4.67 Å². The molecule has 0 fully saturated rings. The topological polar surface area (TPSA) is 12.5 Å². The van der Waals surface area contributed by atoms with Gasteiger partial charge in [0.25, 0.3) is 0 Å². The molecule has 0 saturated heterocycles. The minimum Gasteiger partial charge on any atom is -0.331 e. The Labute approximate surface area is 95.1 Å². The lowest BCUT2D eigenvalue weighted by atomic mass is 10.9. The van der Waals surface area contributed by atoms with Gasteiger partial charge in [-0.05, 0) is 38.6 Å². The fraction of sp³-hybridized carbons (Fsp3) is 1.00. The number of thioether (sulfide) groups is 1. The van der Waals surface area contributed by atoms with E-state index in [1.165, 1.54) is 0 Å². The van der Waals surface area contributed by atoms with Crippen LogP contribution in [-0.4, -0.2) is 36.2 Å². The zero-order valence-electron chi connectivity index (χ0n) is 8.65. The number of rotatable bonds is 7. The maximum absolute atomic E-state index is 5.64. The molecule has 0 aliphatic rings. The lowest BCUT2D eigenvalue weighted by molar-refractivity contribution is 0.359. The van der Waals surface area contributed by atoms with Crippen LogP contribution >= 0.6 is 28.8 Å². The van der Waals surface area contributed by atoms with Crippen molar-refractivity contribution in [1.29, 1.82) is 0 Å². The SMILES string of the molecule is CCOP(=S)(SCSCC)N(C)C. The molecule has 0 radical (unpaired) electrons. The largest absolute Gasteiger partial charge is 0.331 e. The van der Waals surface area contributed by atoms with E-state index in [1.807, 2.05) is 37.5 Å². The van der Waals surface area contributed by atoms with Crippen molar-refractivity contribution in [2.75, 3.05) is 31.5 Å². The average Bonchev–Trinajstić information content (AvgIpc) is 2.05. The zero-order chi connectivity index (χ0) is 10.3. The van der Waals surface area contributed by atoms with Crippen LogP contribution in [0.3, 0.4) is 0 Å². The molecule has 0 aliphatic carbocycles. The second-order valence-electron chi connectivity index (χ2n) is 2.47. The zero-order valence-corrected chi connectivity index (χ0v) is 12.0. The summed E-state index contributed by atoms with van der Waals surface area (Å²) in [5.41, 5.74) is -1.76. The van der Waals surface area contributed by atoms with Gasteiger partial charge in [0.1, 0.15) is 0 Å². The first-order valence-electron chi connectivity index (χ1n) is 4.21. The first kappa shape index (κ1) is 14.3. The Balaban J connectivity index is 4.01. The van der Waals surface area contributed by atoms with Crippen LogP contribution in [0.2, 0.25) is 0 Å². The maximum atomic E-state index is 5.64. The van der Waals surface area contributed by atoms with Gasteiger partial charge in [0, 0.05) is 5.08 Å². The van der Waals surface area contributed by atoms with E-state index >= 15 is 0 Å². The van der Waals surface area contributed by atoms with Crippen molar-refractivity contribution in [3.8, 4) is 0 Å². The molecular formula is C7H18NOPS3. The summed E-state index contributed by atoms with van der Waals surface area (Å²) in [7, 11) is 4.00. The molecule has 0 spiro atoms. The van der Waals surface area contributed by atoms with Crippen LogP contribution in [0, 0.1) is 0 Å². The molecule has 6 heteroatoms. The molecule has 13 heavy (non-hydrogen) atoms. The maximum Gasteiger partial charge on any atom is 0.188 e. The first-order valence-corrected chi connectivity index (χ1v) is 9.63. The molecule has 1 unspecified atom stereocenters. The van der Waals surface area contributed by atoms with Gasteiger partial charge in [-0.2, -0.15) is 11.8 Å². The summed E-state index contributed by atoms with van der Waals surface area (Å²) in [5, 5.41) is 1.03. The quantitative estimate of drug-likeness (QED) is 0.394. The minimum absolute atomic E-state index is 0.708. The molecule has 1 atom stereocenters. The third-order valence-electron chi connectivity index (χ3n) is 1.29. The van der Waals surface area contributed by atoms with Gasteiger partial charge in [0.05, 0.1) is 6.61 Å². The summed E-state index contributed by atoms with van der Waals surface area (Å²) in [5.74, 6) is 1.14. The van der Waals surface area contributed by atoms with Crippen LogP contribution in [0.4, 0.5) is 0 Å². The molecular weight excluding hydrogens is 241 g/mol. The van der Waals surface area contributed by atoms with Gasteiger partial charge < -0.3 is 4.52 Å². The molecule has 2 nitrogen and oxygen atoms in total. The Morgan fingerprint density at radius 2 is 2.00 bits per heavy atom. The average molecular weight is 259 g/mol. The van der Waals surface area contributed by atoms with E-state index in [9.17, 15) is 0 Å². The molecule has 0 bridgehead atoms. The second-order valence-corrected chi connectivity index (χ2v) is 11.1. The van der Waals surface area contributed by atoms with E-state index in [2.05, 4.69) is 6.92 Å². The number of hydrogen-bond donors (Lipinski definition) is 0. The van der Waals surface area contributed by atoms with Crippen molar-refractivity contribution in [3.63, 3.8) is 0 Å². The van der Waals surface area contributed by atoms with Crippen molar-refractivity contribution < 1.29 is 4.52 Å². The summed E-state index contributed by atoms with van der Waals surface area (Å²) in [4.78, 5) is 0. The van der Waals surface area contributed by atoms with Crippen molar-refractivity contribution in [3.05, 3.63) is 0 Å². The van der Waals surface area contributed by atoms with Crippen LogP contribution in [0.15, 0.2) is 0 Å². The Morgan fingerprint density at radius 1 is 1.38 bits per heavy atom. The van der Waals surface area contributed by atoms with Gasteiger partial charge in [0.15, 0.2) is 5.62 Å². The molecule has 0 aromatic carbocycles. The summed E-state index contributed by atoms with van der Waals surface area (Å²) in [6.45, 7) is 4.86. The molecule has 0 saturated carbocycles. The van der Waals surface area contributed by atoms with E-state index in [-0.39, 0.29) is 0 Å². The van der Waals surface area contributed by atoms with Gasteiger partial charge >= 0.3 is 0 Å². The van der Waals surface area contributed by atoms with Crippen molar-refractivity contribution >= 4 is 40.6 Å². The summed E-state index contributed by atoms with van der Waals surface area (Å²) < 4.78 is 7.69. The van der Waals surface area contributed by atoms with Gasteiger partial charge in [-0.15, -0.1) is 0 Å². The minimum atomic E-state index is -1.76. The lowest BCUT2D eigenvalue weighted by Gasteiger charge is -2.26.